The van der Waals surface area contributed by atoms with Crippen LogP contribution in [-0.4, -0.2) is 17.7 Å². The summed E-state index contributed by atoms with van der Waals surface area (Å²) >= 11 is 0. The lowest BCUT2D eigenvalue weighted by Crippen LogP contribution is -2.05. The number of carboxylic acid groups (broad SMARTS) is 1. The molecule has 0 aliphatic rings. The molecule has 21 heavy (non-hydrogen) atoms. The lowest BCUT2D eigenvalue weighted by molar-refractivity contribution is -0.137. The molecule has 1 atom stereocenters. The monoisotopic (exact) mass is 294 g/mol. The second-order valence-corrected chi connectivity index (χ2v) is 5.70. The van der Waals surface area contributed by atoms with Crippen LogP contribution in [0.4, 0.5) is 0 Å². The predicted octanol–water partition coefficient (Wildman–Crippen LogP) is 4.45. The zero-order valence-corrected chi connectivity index (χ0v) is 13.2. The smallest absolute Gasteiger partial charge is 0.303 e. The van der Waals surface area contributed by atoms with Gasteiger partial charge in [0.2, 0.25) is 0 Å². The van der Waals surface area contributed by atoms with Crippen LogP contribution in [0.25, 0.3) is 0 Å². The highest BCUT2D eigenvalue weighted by Gasteiger charge is 2.10. The molecule has 1 aromatic rings. The van der Waals surface area contributed by atoms with Gasteiger partial charge in [-0.2, -0.15) is 0 Å². The van der Waals surface area contributed by atoms with Crippen molar-refractivity contribution >= 4 is 5.97 Å². The Hall–Kier alpha value is -1.71. The molecular weight excluding hydrogens is 268 g/mol. The Morgan fingerprint density at radius 3 is 2.86 bits per heavy atom. The fourth-order valence-electron chi connectivity index (χ4n) is 2.03. The van der Waals surface area contributed by atoms with E-state index in [0.29, 0.717) is 30.5 Å². The van der Waals surface area contributed by atoms with E-state index in [1.54, 1.807) is 12.3 Å². The van der Waals surface area contributed by atoms with Crippen molar-refractivity contribution in [1.82, 2.24) is 0 Å². The molecule has 1 rings (SSSR count). The van der Waals surface area contributed by atoms with Crippen molar-refractivity contribution in [3.05, 3.63) is 29.7 Å². The number of carboxylic acids is 1. The Kier molecular flexibility index (Phi) is 7.65. The molecule has 0 amide bonds. The van der Waals surface area contributed by atoms with Crippen molar-refractivity contribution in [1.29, 1.82) is 0 Å². The summed E-state index contributed by atoms with van der Waals surface area (Å²) in [5.41, 5.74) is 1.36. The minimum Gasteiger partial charge on any atom is -0.490 e. The van der Waals surface area contributed by atoms with Gasteiger partial charge in [-0.15, -0.1) is 0 Å². The van der Waals surface area contributed by atoms with Gasteiger partial charge in [0, 0.05) is 12.5 Å². The molecule has 1 N–H and O–H groups in total. The van der Waals surface area contributed by atoms with Gasteiger partial charge in [0.15, 0.2) is 5.75 Å². The van der Waals surface area contributed by atoms with Gasteiger partial charge in [-0.05, 0) is 39.0 Å². The number of hydrogen-bond acceptors (Lipinski definition) is 3. The van der Waals surface area contributed by atoms with Gasteiger partial charge < -0.3 is 14.3 Å². The lowest BCUT2D eigenvalue weighted by Gasteiger charge is -2.11. The Morgan fingerprint density at radius 2 is 2.19 bits per heavy atom. The van der Waals surface area contributed by atoms with E-state index in [4.69, 9.17) is 14.3 Å². The van der Waals surface area contributed by atoms with Gasteiger partial charge in [0.25, 0.3) is 0 Å². The quantitative estimate of drug-likeness (QED) is 0.648. The molecule has 0 aromatic carbocycles. The van der Waals surface area contributed by atoms with Crippen molar-refractivity contribution in [2.75, 3.05) is 6.61 Å². The van der Waals surface area contributed by atoms with Crippen LogP contribution in [-0.2, 0) is 11.2 Å². The summed E-state index contributed by atoms with van der Waals surface area (Å²) in [6, 6.07) is 1.75. The third-order valence-corrected chi connectivity index (χ3v) is 3.35. The van der Waals surface area contributed by atoms with E-state index >= 15 is 0 Å². The Balaban J connectivity index is 2.27. The van der Waals surface area contributed by atoms with E-state index < -0.39 is 5.97 Å². The predicted molar refractivity (Wildman–Crippen MR) is 82.6 cm³/mol. The number of ether oxygens (including phenoxy) is 1. The molecule has 0 aliphatic carbocycles. The number of rotatable bonds is 10. The number of furan rings is 1. The van der Waals surface area contributed by atoms with Crippen LogP contribution in [0, 0.1) is 5.92 Å². The molecule has 0 saturated heterocycles. The van der Waals surface area contributed by atoms with E-state index in [1.807, 2.05) is 0 Å². The van der Waals surface area contributed by atoms with Crippen LogP contribution >= 0.6 is 0 Å². The molecule has 1 unspecified atom stereocenters. The lowest BCUT2D eigenvalue weighted by atomic mass is 10.0. The molecule has 4 heteroatoms. The second-order valence-electron chi connectivity index (χ2n) is 5.70. The molecule has 1 aromatic heterocycles. The van der Waals surface area contributed by atoms with Crippen molar-refractivity contribution in [3.8, 4) is 5.75 Å². The average Bonchev–Trinajstić information content (AvgIpc) is 2.83. The fourth-order valence-corrected chi connectivity index (χ4v) is 2.03. The fraction of sp³-hybridized carbons (Fsp3) is 0.588. The van der Waals surface area contributed by atoms with Gasteiger partial charge in [-0.1, -0.05) is 18.6 Å². The van der Waals surface area contributed by atoms with Gasteiger partial charge >= 0.3 is 5.97 Å². The standard InChI is InChI=1S/C17H26O4/c1-13(2)5-4-6-14(3)9-11-20-16-10-12-21-15(16)7-8-17(18)19/h5,10,12,14H,4,6-9,11H2,1-3H3,(H,18,19). The van der Waals surface area contributed by atoms with Crippen molar-refractivity contribution in [3.63, 3.8) is 0 Å². The highest BCUT2D eigenvalue weighted by molar-refractivity contribution is 5.67. The molecule has 1 heterocycles. The molecule has 0 aliphatic heterocycles. The zero-order valence-electron chi connectivity index (χ0n) is 13.2. The van der Waals surface area contributed by atoms with Crippen LogP contribution in [0.3, 0.4) is 0 Å². The Morgan fingerprint density at radius 1 is 1.43 bits per heavy atom. The summed E-state index contributed by atoms with van der Waals surface area (Å²) < 4.78 is 11.0. The van der Waals surface area contributed by atoms with Crippen molar-refractivity contribution in [2.24, 2.45) is 5.92 Å². The second kappa shape index (κ2) is 9.27. The van der Waals surface area contributed by atoms with E-state index in [2.05, 4.69) is 26.8 Å². The third kappa shape index (κ3) is 7.59. The molecule has 0 bridgehead atoms. The molecule has 4 nitrogen and oxygen atoms in total. The first-order valence-corrected chi connectivity index (χ1v) is 7.53. The van der Waals surface area contributed by atoms with Crippen molar-refractivity contribution in [2.45, 2.75) is 52.9 Å². The van der Waals surface area contributed by atoms with E-state index in [9.17, 15) is 4.79 Å². The summed E-state index contributed by atoms with van der Waals surface area (Å²) in [6.45, 7) is 7.09. The highest BCUT2D eigenvalue weighted by Crippen LogP contribution is 2.22. The molecular formula is C17H26O4. The highest BCUT2D eigenvalue weighted by atomic mass is 16.5. The summed E-state index contributed by atoms with van der Waals surface area (Å²) in [5.74, 6) is 1.07. The molecule has 0 fully saturated rings. The molecule has 0 radical (unpaired) electrons. The normalized spacial score (nSPS) is 12.0. The summed E-state index contributed by atoms with van der Waals surface area (Å²) in [5, 5.41) is 8.69. The topological polar surface area (TPSA) is 59.7 Å². The number of carbonyl (C=O) groups is 1. The Bertz CT molecular complexity index is 455. The third-order valence-electron chi connectivity index (χ3n) is 3.35. The van der Waals surface area contributed by atoms with Crippen LogP contribution in [0.15, 0.2) is 28.4 Å². The largest absolute Gasteiger partial charge is 0.490 e. The molecule has 0 spiro atoms. The van der Waals surface area contributed by atoms with Crippen molar-refractivity contribution < 1.29 is 19.1 Å². The number of aliphatic carboxylic acids is 1. The minimum atomic E-state index is -0.828. The van der Waals surface area contributed by atoms with Gasteiger partial charge in [0.1, 0.15) is 5.76 Å². The number of allylic oxidation sites excluding steroid dienone is 2. The first-order chi connectivity index (χ1) is 9.99. The maximum absolute atomic E-state index is 10.6. The van der Waals surface area contributed by atoms with E-state index in [-0.39, 0.29) is 6.42 Å². The van der Waals surface area contributed by atoms with Gasteiger partial charge in [-0.25, -0.2) is 0 Å². The van der Waals surface area contributed by atoms with E-state index in [1.165, 1.54) is 5.57 Å². The van der Waals surface area contributed by atoms with E-state index in [0.717, 1.165) is 19.3 Å². The van der Waals surface area contributed by atoms with Gasteiger partial charge in [-0.3, -0.25) is 4.79 Å². The van der Waals surface area contributed by atoms with Crippen LogP contribution in [0.5, 0.6) is 5.75 Å². The molecule has 118 valence electrons. The SMILES string of the molecule is CC(C)=CCCC(C)CCOc1ccoc1CCC(=O)O. The van der Waals surface area contributed by atoms with Crippen LogP contribution < -0.4 is 4.74 Å². The van der Waals surface area contributed by atoms with Crippen LogP contribution in [0.2, 0.25) is 0 Å². The number of hydrogen-bond donors (Lipinski definition) is 1. The average molecular weight is 294 g/mol. The summed E-state index contributed by atoms with van der Waals surface area (Å²) in [4.78, 5) is 10.6. The van der Waals surface area contributed by atoms with Gasteiger partial charge in [0.05, 0.1) is 19.3 Å². The Labute approximate surface area is 126 Å². The first-order valence-electron chi connectivity index (χ1n) is 7.53. The summed E-state index contributed by atoms with van der Waals surface area (Å²) in [6.07, 6.45) is 7.49. The van der Waals surface area contributed by atoms with Crippen LogP contribution in [0.1, 0.15) is 52.2 Å². The first kappa shape index (κ1) is 17.3. The maximum atomic E-state index is 10.6. The zero-order chi connectivity index (χ0) is 15.7. The maximum Gasteiger partial charge on any atom is 0.303 e. The molecule has 0 saturated carbocycles. The number of aryl methyl sites for hydroxylation is 1. The minimum absolute atomic E-state index is 0.0585. The summed E-state index contributed by atoms with van der Waals surface area (Å²) in [7, 11) is 0.